The van der Waals surface area contributed by atoms with Gasteiger partial charge in [0.05, 0.1) is 22.7 Å². The van der Waals surface area contributed by atoms with Crippen LogP contribution in [0, 0.1) is 5.82 Å². The molecule has 5 aromatic heterocycles. The van der Waals surface area contributed by atoms with Crippen LogP contribution in [-0.4, -0.2) is 69.6 Å². The van der Waals surface area contributed by atoms with Gasteiger partial charge in [-0.25, -0.2) is 22.8 Å². The lowest BCUT2D eigenvalue weighted by Crippen LogP contribution is -2.10. The van der Waals surface area contributed by atoms with Crippen molar-refractivity contribution in [2.75, 3.05) is 26.1 Å². The molecule has 0 atom stereocenters. The van der Waals surface area contributed by atoms with E-state index in [2.05, 4.69) is 36.1 Å². The fourth-order valence-electron chi connectivity index (χ4n) is 4.99. The second kappa shape index (κ2) is 10.5. The van der Waals surface area contributed by atoms with Crippen LogP contribution >= 0.6 is 0 Å². The summed E-state index contributed by atoms with van der Waals surface area (Å²) in [6.45, 7) is 0.773. The number of aryl methyl sites for hydroxylation is 1. The number of H-pyrrole nitrogens is 2. The van der Waals surface area contributed by atoms with Crippen molar-refractivity contribution in [1.82, 2.24) is 35.0 Å². The lowest BCUT2D eigenvalue weighted by atomic mass is 10.00. The maximum atomic E-state index is 14.6. The van der Waals surface area contributed by atoms with Crippen molar-refractivity contribution in [3.8, 4) is 33.8 Å². The van der Waals surface area contributed by atoms with Gasteiger partial charge in [-0.05, 0) is 85.2 Å². The lowest BCUT2D eigenvalue weighted by Gasteiger charge is -2.10. The summed E-state index contributed by atoms with van der Waals surface area (Å²) in [6.07, 6.45) is 6.72. The highest BCUT2D eigenvalue weighted by atomic mass is 32.2. The highest BCUT2D eigenvalue weighted by molar-refractivity contribution is 7.90. The predicted octanol–water partition coefficient (Wildman–Crippen LogP) is 5.02. The number of benzene rings is 1. The first-order valence-electron chi connectivity index (χ1n) is 13.0. The van der Waals surface area contributed by atoms with Crippen LogP contribution in [0.15, 0.2) is 67.1 Å². The number of halogens is 1. The molecule has 5 heterocycles. The summed E-state index contributed by atoms with van der Waals surface area (Å²) in [4.78, 5) is 19.3. The lowest BCUT2D eigenvalue weighted by molar-refractivity contribution is 0.402. The van der Waals surface area contributed by atoms with Crippen LogP contribution in [0.25, 0.3) is 55.8 Å². The largest absolute Gasteiger partial charge is 0.338 e. The number of rotatable bonds is 8. The van der Waals surface area contributed by atoms with Gasteiger partial charge in [-0.3, -0.25) is 10.1 Å². The van der Waals surface area contributed by atoms with E-state index in [1.54, 1.807) is 12.4 Å². The molecule has 41 heavy (non-hydrogen) atoms. The van der Waals surface area contributed by atoms with E-state index in [-0.39, 0.29) is 12.2 Å². The van der Waals surface area contributed by atoms with E-state index in [1.807, 2.05) is 50.6 Å². The van der Waals surface area contributed by atoms with Gasteiger partial charge in [-0.1, -0.05) is 6.07 Å². The van der Waals surface area contributed by atoms with E-state index in [9.17, 15) is 12.8 Å². The topological polar surface area (TPSA) is 121 Å². The molecule has 0 radical (unpaired) electrons. The molecular weight excluding hydrogens is 541 g/mol. The number of aromatic amines is 2. The quantitative estimate of drug-likeness (QED) is 0.264. The molecule has 2 N–H and O–H groups in total. The zero-order valence-electron chi connectivity index (χ0n) is 22.8. The number of nitrogens with one attached hydrogen (secondary N) is 2. The predicted molar refractivity (Wildman–Crippen MR) is 158 cm³/mol. The van der Waals surface area contributed by atoms with Crippen molar-refractivity contribution in [1.29, 1.82) is 0 Å². The first-order valence-corrected chi connectivity index (χ1v) is 15.1. The minimum Gasteiger partial charge on any atom is -0.338 e. The molecule has 0 saturated heterocycles. The molecule has 6 rings (SSSR count). The highest BCUT2D eigenvalue weighted by Crippen LogP contribution is 2.34. The fourth-order valence-corrected chi connectivity index (χ4v) is 5.59. The van der Waals surface area contributed by atoms with Gasteiger partial charge in [-0.2, -0.15) is 5.10 Å². The van der Waals surface area contributed by atoms with E-state index >= 15 is 0 Å². The molecule has 6 aromatic rings. The standard InChI is InChI=1S/C30H28FN7O2S/c1-38(2)17-19-11-21(16-32-15-19)25-4-5-26-28(34-25)29(37-36-26)27-14-24-23(6-8-33-30(24)35-27)20-10-18(12-22(31)13-20)7-9-41(3,39)40/h4-6,8,10-16H,7,9,17H2,1-3H3,(H,33,35)(H,36,37). The van der Waals surface area contributed by atoms with Gasteiger partial charge < -0.3 is 9.88 Å². The fraction of sp³-hybridized carbons (Fsp3) is 0.200. The summed E-state index contributed by atoms with van der Waals surface area (Å²) in [7, 11) is 0.857. The van der Waals surface area contributed by atoms with Crippen molar-refractivity contribution in [3.05, 3.63) is 84.1 Å². The molecule has 0 aliphatic carbocycles. The first kappa shape index (κ1) is 26.7. The van der Waals surface area contributed by atoms with E-state index in [0.29, 0.717) is 33.7 Å². The van der Waals surface area contributed by atoms with Crippen LogP contribution in [0.1, 0.15) is 11.1 Å². The number of sulfone groups is 1. The molecule has 0 unspecified atom stereocenters. The van der Waals surface area contributed by atoms with Crippen LogP contribution in [0.4, 0.5) is 4.39 Å². The molecule has 0 amide bonds. The van der Waals surface area contributed by atoms with Gasteiger partial charge in [0, 0.05) is 42.3 Å². The number of aromatic nitrogens is 6. The Morgan fingerprint density at radius 3 is 2.61 bits per heavy atom. The molecule has 208 valence electrons. The van der Waals surface area contributed by atoms with E-state index in [0.717, 1.165) is 39.8 Å². The Labute approximate surface area is 236 Å². The normalized spacial score (nSPS) is 12.1. The molecular formula is C30H28FN7O2S. The SMILES string of the molecule is CN(C)Cc1cncc(-c2ccc3[nH]nc(-c4cc5c(-c6cc(F)cc(CCS(C)(=O)=O)c6)ccnc5[nH]4)c3n2)c1. The maximum Gasteiger partial charge on any atom is 0.147 e. The molecule has 0 aliphatic heterocycles. The molecule has 0 aliphatic rings. The Morgan fingerprint density at radius 2 is 1.80 bits per heavy atom. The molecule has 11 heteroatoms. The van der Waals surface area contributed by atoms with Crippen LogP contribution in [-0.2, 0) is 22.8 Å². The average Bonchev–Trinajstić information content (AvgIpc) is 3.54. The smallest absolute Gasteiger partial charge is 0.147 e. The minimum atomic E-state index is -3.17. The Bertz CT molecular complexity index is 2010. The van der Waals surface area contributed by atoms with E-state index < -0.39 is 15.7 Å². The van der Waals surface area contributed by atoms with Crippen molar-refractivity contribution >= 4 is 31.9 Å². The van der Waals surface area contributed by atoms with Gasteiger partial charge >= 0.3 is 0 Å². The van der Waals surface area contributed by atoms with Gasteiger partial charge in [0.15, 0.2) is 0 Å². The number of fused-ring (bicyclic) bond motifs is 2. The Hall–Kier alpha value is -4.48. The van der Waals surface area contributed by atoms with Gasteiger partial charge in [0.2, 0.25) is 0 Å². The van der Waals surface area contributed by atoms with Crippen molar-refractivity contribution in [3.63, 3.8) is 0 Å². The third-order valence-electron chi connectivity index (χ3n) is 6.81. The summed E-state index contributed by atoms with van der Waals surface area (Å²) in [5, 5.41) is 8.39. The summed E-state index contributed by atoms with van der Waals surface area (Å²) in [5.74, 6) is -0.474. The molecule has 0 bridgehead atoms. The maximum absolute atomic E-state index is 14.6. The summed E-state index contributed by atoms with van der Waals surface area (Å²) < 4.78 is 37.9. The molecule has 0 fully saturated rings. The van der Waals surface area contributed by atoms with Gasteiger partial charge in [0.25, 0.3) is 0 Å². The Morgan fingerprint density at radius 1 is 0.976 bits per heavy atom. The monoisotopic (exact) mass is 569 g/mol. The van der Waals surface area contributed by atoms with Crippen molar-refractivity contribution in [2.45, 2.75) is 13.0 Å². The molecule has 0 spiro atoms. The number of pyridine rings is 3. The zero-order valence-corrected chi connectivity index (χ0v) is 23.6. The van der Waals surface area contributed by atoms with Crippen LogP contribution in [0.2, 0.25) is 0 Å². The first-order chi connectivity index (χ1) is 19.6. The second-order valence-corrected chi connectivity index (χ2v) is 12.8. The number of hydrogen-bond donors (Lipinski definition) is 2. The minimum absolute atomic E-state index is 0.0484. The molecule has 9 nitrogen and oxygen atoms in total. The van der Waals surface area contributed by atoms with Crippen LogP contribution < -0.4 is 0 Å². The van der Waals surface area contributed by atoms with Gasteiger partial charge in [-0.15, -0.1) is 0 Å². The summed E-state index contributed by atoms with van der Waals surface area (Å²) >= 11 is 0. The summed E-state index contributed by atoms with van der Waals surface area (Å²) in [5.41, 5.74) is 8.27. The third-order valence-corrected chi connectivity index (χ3v) is 7.76. The number of nitrogens with zero attached hydrogens (tertiary/aromatic N) is 5. The summed E-state index contributed by atoms with van der Waals surface area (Å²) in [6, 6.07) is 14.4. The van der Waals surface area contributed by atoms with Crippen molar-refractivity contribution < 1.29 is 12.8 Å². The second-order valence-electron chi connectivity index (χ2n) is 10.5. The van der Waals surface area contributed by atoms with E-state index in [4.69, 9.17) is 4.98 Å². The van der Waals surface area contributed by atoms with Crippen LogP contribution in [0.3, 0.4) is 0 Å². The third kappa shape index (κ3) is 5.72. The Kier molecular flexibility index (Phi) is 6.84. The van der Waals surface area contributed by atoms with Crippen LogP contribution in [0.5, 0.6) is 0 Å². The van der Waals surface area contributed by atoms with E-state index in [1.165, 1.54) is 18.4 Å². The van der Waals surface area contributed by atoms with Crippen molar-refractivity contribution in [2.24, 2.45) is 0 Å². The highest BCUT2D eigenvalue weighted by Gasteiger charge is 2.17. The van der Waals surface area contributed by atoms with Gasteiger partial charge in [0.1, 0.15) is 32.5 Å². The molecule has 0 saturated carbocycles. The number of hydrogen-bond acceptors (Lipinski definition) is 7. The average molecular weight is 570 g/mol. The Balaban J connectivity index is 1.40. The molecule has 1 aromatic carbocycles. The zero-order chi connectivity index (χ0) is 28.7.